The van der Waals surface area contributed by atoms with E-state index in [-0.39, 0.29) is 0 Å². The zero-order valence-corrected chi connectivity index (χ0v) is 23.2. The van der Waals surface area contributed by atoms with Crippen LogP contribution in [0, 0.1) is 0 Å². The van der Waals surface area contributed by atoms with Crippen LogP contribution in [-0.4, -0.2) is 14.5 Å². The van der Waals surface area contributed by atoms with E-state index >= 15 is 0 Å². The highest BCUT2D eigenvalue weighted by Gasteiger charge is 2.25. The van der Waals surface area contributed by atoms with Crippen LogP contribution in [-0.2, 0) is 0 Å². The molecule has 0 N–H and O–H groups in total. The Balaban J connectivity index is 1.46. The molecule has 1 aliphatic rings. The van der Waals surface area contributed by atoms with Crippen molar-refractivity contribution in [3.8, 4) is 17.2 Å². The predicted octanol–water partition coefficient (Wildman–Crippen LogP) is 10.3. The smallest absolute Gasteiger partial charge is 0.235 e. The number of fused-ring (bicyclic) bond motifs is 12. The van der Waals surface area contributed by atoms with Gasteiger partial charge in [-0.2, -0.15) is 0 Å². The molecule has 7 aromatic carbocycles. The molecular weight excluding hydrogens is 531 g/mol. The van der Waals surface area contributed by atoms with E-state index in [1.54, 1.807) is 11.8 Å². The van der Waals surface area contributed by atoms with Crippen LogP contribution in [0.1, 0.15) is 0 Å². The standard InChI is InChI=1S/C38H21N3S/c1-2-11-23-22(10-1)20-21-28-33(23)24-12-3-4-13-25(24)34-26-14-5-7-17-30(26)41(37(28)34)38-39-29-16-9-19-32-35(29)36(40-38)27-15-6-8-18-31(27)42-32/h1-21H. The van der Waals surface area contributed by atoms with Gasteiger partial charge in [-0.05, 0) is 51.2 Å². The molecule has 0 unspecified atom stereocenters. The summed E-state index contributed by atoms with van der Waals surface area (Å²) < 4.78 is 2.31. The number of aromatic nitrogens is 3. The van der Waals surface area contributed by atoms with E-state index in [4.69, 9.17) is 9.97 Å². The van der Waals surface area contributed by atoms with Gasteiger partial charge in [0.1, 0.15) is 0 Å². The predicted molar refractivity (Wildman–Crippen MR) is 176 cm³/mol. The second-order valence-corrected chi connectivity index (χ2v) is 12.0. The summed E-state index contributed by atoms with van der Waals surface area (Å²) in [7, 11) is 0. The van der Waals surface area contributed by atoms with Crippen LogP contribution in [0.5, 0.6) is 0 Å². The van der Waals surface area contributed by atoms with Crippen molar-refractivity contribution < 1.29 is 0 Å². The summed E-state index contributed by atoms with van der Waals surface area (Å²) in [6.45, 7) is 0. The van der Waals surface area contributed by atoms with E-state index in [9.17, 15) is 0 Å². The molecule has 3 nitrogen and oxygen atoms in total. The van der Waals surface area contributed by atoms with Crippen LogP contribution in [0.4, 0.5) is 0 Å². The lowest BCUT2D eigenvalue weighted by Crippen LogP contribution is -2.06. The largest absolute Gasteiger partial charge is 0.277 e. The average molecular weight is 552 g/mol. The summed E-state index contributed by atoms with van der Waals surface area (Å²) in [6.07, 6.45) is 0. The molecule has 0 fully saturated rings. The summed E-state index contributed by atoms with van der Waals surface area (Å²) in [4.78, 5) is 13.1. The lowest BCUT2D eigenvalue weighted by molar-refractivity contribution is 1.01. The van der Waals surface area contributed by atoms with Crippen LogP contribution in [0.25, 0.3) is 82.2 Å². The molecule has 4 heteroatoms. The molecule has 3 heterocycles. The van der Waals surface area contributed by atoms with Gasteiger partial charge in [-0.25, -0.2) is 9.97 Å². The van der Waals surface area contributed by atoms with Gasteiger partial charge in [-0.3, -0.25) is 4.57 Å². The highest BCUT2D eigenvalue weighted by atomic mass is 32.2. The Morgan fingerprint density at radius 3 is 2.10 bits per heavy atom. The normalized spacial score (nSPS) is 12.7. The average Bonchev–Trinajstić information content (AvgIpc) is 3.40. The summed E-state index contributed by atoms with van der Waals surface area (Å²) in [6, 6.07) is 45.8. The zero-order chi connectivity index (χ0) is 27.4. The minimum Gasteiger partial charge on any atom is -0.277 e. The van der Waals surface area contributed by atoms with Crippen molar-refractivity contribution in [3.05, 3.63) is 127 Å². The maximum Gasteiger partial charge on any atom is 0.235 e. The van der Waals surface area contributed by atoms with Crippen molar-refractivity contribution in [2.24, 2.45) is 0 Å². The van der Waals surface area contributed by atoms with Crippen LogP contribution in [0.2, 0.25) is 0 Å². The summed E-state index contributed by atoms with van der Waals surface area (Å²) in [5.74, 6) is 0.701. The molecule has 0 atom stereocenters. The Morgan fingerprint density at radius 1 is 0.476 bits per heavy atom. The van der Waals surface area contributed by atoms with Gasteiger partial charge < -0.3 is 0 Å². The van der Waals surface area contributed by atoms with Gasteiger partial charge in [0, 0.05) is 36.9 Å². The van der Waals surface area contributed by atoms with Crippen molar-refractivity contribution >= 4 is 76.8 Å². The summed E-state index contributed by atoms with van der Waals surface area (Å²) >= 11 is 1.80. The zero-order valence-electron chi connectivity index (χ0n) is 22.4. The number of hydrogen-bond acceptors (Lipinski definition) is 3. The highest BCUT2D eigenvalue weighted by molar-refractivity contribution is 7.99. The van der Waals surface area contributed by atoms with Gasteiger partial charge >= 0.3 is 0 Å². The summed E-state index contributed by atoms with van der Waals surface area (Å²) in [5, 5.41) is 11.1. The Bertz CT molecular complexity index is 2610. The van der Waals surface area contributed by atoms with Crippen molar-refractivity contribution in [1.82, 2.24) is 14.5 Å². The fraction of sp³-hybridized carbons (Fsp3) is 0. The van der Waals surface area contributed by atoms with Gasteiger partial charge in [0.2, 0.25) is 5.95 Å². The Kier molecular flexibility index (Phi) is 4.38. The third-order valence-corrected chi connectivity index (χ3v) is 9.90. The SMILES string of the molecule is c1ccc2c(c1)Sc1cccc3nc(-n4c5ccccc5c5c6ccccc6c6c7ccccc7ccc6c54)nc-2c13. The number of nitrogens with zero attached hydrogens (tertiary/aromatic N) is 3. The van der Waals surface area contributed by atoms with Crippen LogP contribution >= 0.6 is 11.8 Å². The molecule has 0 radical (unpaired) electrons. The Hall–Kier alpha value is -5.19. The minimum atomic E-state index is 0.701. The van der Waals surface area contributed by atoms with Gasteiger partial charge in [-0.1, -0.05) is 115 Å². The first-order valence-electron chi connectivity index (χ1n) is 14.2. The first-order valence-corrected chi connectivity index (χ1v) is 15.0. The molecular formula is C38H21N3S. The minimum absolute atomic E-state index is 0.701. The van der Waals surface area contributed by atoms with Crippen LogP contribution in [0.15, 0.2) is 137 Å². The van der Waals surface area contributed by atoms with E-state index in [0.29, 0.717) is 5.95 Å². The molecule has 0 spiro atoms. The van der Waals surface area contributed by atoms with Gasteiger partial charge in [0.05, 0.1) is 22.2 Å². The molecule has 1 aliphatic heterocycles. The molecule has 0 aliphatic carbocycles. The third-order valence-electron chi connectivity index (χ3n) is 8.76. The Labute approximate surface area is 245 Å². The quantitative estimate of drug-likeness (QED) is 0.190. The Morgan fingerprint density at radius 2 is 1.19 bits per heavy atom. The number of benzene rings is 7. The van der Waals surface area contributed by atoms with E-state index < -0.39 is 0 Å². The molecule has 9 aromatic rings. The maximum atomic E-state index is 5.40. The van der Waals surface area contributed by atoms with Crippen LogP contribution in [0.3, 0.4) is 0 Å². The first kappa shape index (κ1) is 22.5. The van der Waals surface area contributed by atoms with Crippen LogP contribution < -0.4 is 0 Å². The monoisotopic (exact) mass is 551 g/mol. The van der Waals surface area contributed by atoms with Crippen molar-refractivity contribution in [2.75, 3.05) is 0 Å². The molecule has 2 aromatic heterocycles. The van der Waals surface area contributed by atoms with Gasteiger partial charge in [-0.15, -0.1) is 0 Å². The van der Waals surface area contributed by atoms with E-state index in [1.165, 1.54) is 52.9 Å². The molecule has 0 bridgehead atoms. The second-order valence-electron chi connectivity index (χ2n) is 11.0. The summed E-state index contributed by atoms with van der Waals surface area (Å²) in [5.41, 5.74) is 5.39. The molecule has 42 heavy (non-hydrogen) atoms. The number of para-hydroxylation sites is 1. The topological polar surface area (TPSA) is 30.7 Å². The molecule has 10 rings (SSSR count). The van der Waals surface area contributed by atoms with Gasteiger partial charge in [0.25, 0.3) is 0 Å². The highest BCUT2D eigenvalue weighted by Crippen LogP contribution is 2.48. The maximum absolute atomic E-state index is 5.40. The van der Waals surface area contributed by atoms with E-state index in [0.717, 1.165) is 33.2 Å². The fourth-order valence-corrected chi connectivity index (χ4v) is 8.15. The lowest BCUT2D eigenvalue weighted by Gasteiger charge is -2.20. The van der Waals surface area contributed by atoms with Crippen molar-refractivity contribution in [1.29, 1.82) is 0 Å². The number of rotatable bonds is 1. The fourth-order valence-electron chi connectivity index (χ4n) is 7.04. The van der Waals surface area contributed by atoms with Crippen molar-refractivity contribution in [2.45, 2.75) is 9.79 Å². The number of hydrogen-bond donors (Lipinski definition) is 0. The molecule has 0 amide bonds. The van der Waals surface area contributed by atoms with E-state index in [2.05, 4.69) is 132 Å². The van der Waals surface area contributed by atoms with E-state index in [1.807, 2.05) is 0 Å². The lowest BCUT2D eigenvalue weighted by atomic mass is 9.93. The molecule has 194 valence electrons. The van der Waals surface area contributed by atoms with Crippen molar-refractivity contribution in [3.63, 3.8) is 0 Å². The first-order chi connectivity index (χ1) is 20.8. The molecule has 0 saturated carbocycles. The molecule has 0 saturated heterocycles. The second kappa shape index (κ2) is 8.19. The third kappa shape index (κ3) is 2.87. The van der Waals surface area contributed by atoms with Gasteiger partial charge in [0.15, 0.2) is 0 Å².